The van der Waals surface area contributed by atoms with Gasteiger partial charge in [-0.25, -0.2) is 0 Å². The summed E-state index contributed by atoms with van der Waals surface area (Å²) in [5.74, 6) is 0.654. The summed E-state index contributed by atoms with van der Waals surface area (Å²) in [6.45, 7) is 0.486. The van der Waals surface area contributed by atoms with Crippen LogP contribution in [-0.4, -0.2) is 6.21 Å². The molecule has 22 heavy (non-hydrogen) atoms. The van der Waals surface area contributed by atoms with Gasteiger partial charge in [-0.3, -0.25) is 0 Å². The normalized spacial score (nSPS) is 16.0. The molecule has 2 nitrogen and oxygen atoms in total. The van der Waals surface area contributed by atoms with Crippen LogP contribution in [-0.2, 0) is 11.4 Å². The fourth-order valence-corrected chi connectivity index (χ4v) is 3.13. The first-order chi connectivity index (χ1) is 10.9. The van der Waals surface area contributed by atoms with E-state index in [0.29, 0.717) is 12.5 Å². The fraction of sp³-hybridized carbons (Fsp3) is 0.350. The smallest absolute Gasteiger partial charge is 0.142 e. The molecule has 113 valence electrons. The van der Waals surface area contributed by atoms with Crippen LogP contribution in [0.1, 0.15) is 54.7 Å². The Balaban J connectivity index is 1.63. The zero-order valence-corrected chi connectivity index (χ0v) is 12.9. The molecule has 1 saturated carbocycles. The summed E-state index contributed by atoms with van der Waals surface area (Å²) in [6, 6.07) is 18.5. The molecule has 0 bridgehead atoms. The Labute approximate surface area is 132 Å². The van der Waals surface area contributed by atoms with Gasteiger partial charge in [-0.1, -0.05) is 79.0 Å². The monoisotopic (exact) mass is 292 g/mol. The largest absolute Gasteiger partial charge is 0.390 e. The van der Waals surface area contributed by atoms with Crippen molar-refractivity contribution in [2.45, 2.75) is 44.6 Å². The van der Waals surface area contributed by atoms with E-state index >= 15 is 0 Å². The van der Waals surface area contributed by atoms with Crippen molar-refractivity contribution in [2.24, 2.45) is 5.16 Å². The van der Waals surface area contributed by atoms with Crippen molar-refractivity contribution in [3.63, 3.8) is 0 Å². The molecule has 0 amide bonds. The van der Waals surface area contributed by atoms with Crippen molar-refractivity contribution in [3.05, 3.63) is 71.3 Å². The summed E-state index contributed by atoms with van der Waals surface area (Å²) in [6.07, 6.45) is 9.69. The Hall–Kier alpha value is -2.09. The average Bonchev–Trinajstić information content (AvgIpc) is 2.61. The van der Waals surface area contributed by atoms with Gasteiger partial charge in [-0.15, -0.1) is 0 Å². The number of hydrogen-bond acceptors (Lipinski definition) is 2. The van der Waals surface area contributed by atoms with Crippen LogP contribution >= 0.6 is 0 Å². The van der Waals surface area contributed by atoms with Crippen LogP contribution in [0.2, 0.25) is 0 Å². The average molecular weight is 292 g/mol. The van der Waals surface area contributed by atoms with E-state index in [2.05, 4.69) is 29.6 Å². The van der Waals surface area contributed by atoms with Gasteiger partial charge in [0.1, 0.15) is 12.8 Å². The molecule has 0 heterocycles. The Morgan fingerprint density at radius 3 is 2.45 bits per heavy atom. The molecule has 0 atom stereocenters. The zero-order chi connectivity index (χ0) is 15.0. The topological polar surface area (TPSA) is 21.6 Å². The van der Waals surface area contributed by atoms with Gasteiger partial charge in [0.05, 0.1) is 0 Å². The fourth-order valence-electron chi connectivity index (χ4n) is 3.13. The molecule has 0 unspecified atom stereocenters. The molecule has 0 N–H and O–H groups in total. The van der Waals surface area contributed by atoms with Crippen molar-refractivity contribution >= 4 is 6.21 Å². The number of rotatable bonds is 5. The minimum Gasteiger partial charge on any atom is -0.390 e. The van der Waals surface area contributed by atoms with Crippen molar-refractivity contribution < 1.29 is 4.84 Å². The molecule has 0 aromatic heterocycles. The van der Waals surface area contributed by atoms with E-state index in [0.717, 1.165) is 11.1 Å². The second kappa shape index (κ2) is 7.79. The van der Waals surface area contributed by atoms with Crippen LogP contribution < -0.4 is 0 Å². The van der Waals surface area contributed by atoms with Gasteiger partial charge >= 0.3 is 0 Å². The highest BCUT2D eigenvalue weighted by Gasteiger charge is 2.17. The van der Waals surface area contributed by atoms with Crippen molar-refractivity contribution in [3.8, 4) is 0 Å². The van der Waals surface area contributed by atoms with E-state index in [9.17, 15) is 0 Å². The third kappa shape index (κ3) is 3.97. The quantitative estimate of drug-likeness (QED) is 0.551. The maximum absolute atomic E-state index is 5.38. The lowest BCUT2D eigenvalue weighted by atomic mass is 9.82. The first-order valence-electron chi connectivity index (χ1n) is 8.14. The highest BCUT2D eigenvalue weighted by molar-refractivity contribution is 5.81. The number of nitrogens with zero attached hydrogens (tertiary/aromatic N) is 1. The third-order valence-electron chi connectivity index (χ3n) is 4.31. The summed E-state index contributed by atoms with van der Waals surface area (Å²) in [5.41, 5.74) is 3.56. The van der Waals surface area contributed by atoms with E-state index in [1.54, 1.807) is 0 Å². The Morgan fingerprint density at radius 2 is 1.64 bits per heavy atom. The summed E-state index contributed by atoms with van der Waals surface area (Å²) < 4.78 is 0. The van der Waals surface area contributed by atoms with E-state index in [-0.39, 0.29) is 0 Å². The van der Waals surface area contributed by atoms with E-state index in [1.807, 2.05) is 36.4 Å². The lowest BCUT2D eigenvalue weighted by Gasteiger charge is -2.23. The molecule has 2 aromatic rings. The minimum atomic E-state index is 0.486. The maximum atomic E-state index is 5.38. The Bertz CT molecular complexity index is 600. The number of benzene rings is 2. The van der Waals surface area contributed by atoms with Gasteiger partial charge in [0.25, 0.3) is 0 Å². The van der Waals surface area contributed by atoms with Gasteiger partial charge in [0, 0.05) is 5.56 Å². The summed E-state index contributed by atoms with van der Waals surface area (Å²) >= 11 is 0. The molecular weight excluding hydrogens is 270 g/mol. The molecular formula is C20H22NO. The predicted molar refractivity (Wildman–Crippen MR) is 90.0 cm³/mol. The summed E-state index contributed by atoms with van der Waals surface area (Å²) in [5, 5.41) is 4.04. The molecule has 1 aliphatic rings. The summed E-state index contributed by atoms with van der Waals surface area (Å²) in [4.78, 5) is 5.38. The second-order valence-corrected chi connectivity index (χ2v) is 5.88. The minimum absolute atomic E-state index is 0.486. The van der Waals surface area contributed by atoms with Crippen LogP contribution in [0.4, 0.5) is 0 Å². The Kier molecular flexibility index (Phi) is 5.25. The molecule has 1 aliphatic carbocycles. The molecule has 0 aliphatic heterocycles. The molecule has 0 saturated heterocycles. The van der Waals surface area contributed by atoms with Crippen LogP contribution in [0.3, 0.4) is 0 Å². The zero-order valence-electron chi connectivity index (χ0n) is 12.9. The van der Waals surface area contributed by atoms with Crippen molar-refractivity contribution in [2.75, 3.05) is 0 Å². The van der Waals surface area contributed by atoms with Crippen LogP contribution in [0, 0.1) is 0 Å². The summed E-state index contributed by atoms with van der Waals surface area (Å²) in [7, 11) is 0. The highest BCUT2D eigenvalue weighted by Crippen LogP contribution is 2.33. The molecule has 2 heteroatoms. The predicted octanol–water partition coefficient (Wildman–Crippen LogP) is 5.16. The van der Waals surface area contributed by atoms with E-state index in [1.165, 1.54) is 37.7 Å². The maximum Gasteiger partial charge on any atom is 0.142 e. The number of hydrogen-bond donors (Lipinski definition) is 0. The Morgan fingerprint density at radius 1 is 0.909 bits per heavy atom. The van der Waals surface area contributed by atoms with Crippen LogP contribution in [0.25, 0.3) is 0 Å². The van der Waals surface area contributed by atoms with Gasteiger partial charge in [-0.05, 0) is 29.9 Å². The van der Waals surface area contributed by atoms with Gasteiger partial charge in [0.15, 0.2) is 0 Å². The van der Waals surface area contributed by atoms with Gasteiger partial charge in [-0.2, -0.15) is 0 Å². The van der Waals surface area contributed by atoms with Crippen molar-refractivity contribution in [1.29, 1.82) is 0 Å². The molecule has 1 radical (unpaired) electrons. The molecule has 2 aromatic carbocycles. The lowest BCUT2D eigenvalue weighted by Crippen LogP contribution is -2.07. The molecule has 1 fully saturated rings. The lowest BCUT2D eigenvalue weighted by molar-refractivity contribution is 0.132. The van der Waals surface area contributed by atoms with E-state index < -0.39 is 0 Å². The second-order valence-electron chi connectivity index (χ2n) is 5.88. The van der Waals surface area contributed by atoms with Crippen LogP contribution in [0.5, 0.6) is 0 Å². The third-order valence-corrected chi connectivity index (χ3v) is 4.31. The van der Waals surface area contributed by atoms with Gasteiger partial charge in [0.2, 0.25) is 0 Å². The van der Waals surface area contributed by atoms with Gasteiger partial charge < -0.3 is 4.84 Å². The standard InChI is InChI=1S/C20H22NO/c1-3-9-17(10-4-1)16-22-21-15-19-13-7-8-14-20(19)18-11-5-2-6-12-18/h1,3-4,7-10,13-14,18H,2,5-6,11-12,16H2. The van der Waals surface area contributed by atoms with Crippen molar-refractivity contribution in [1.82, 2.24) is 0 Å². The van der Waals surface area contributed by atoms with E-state index in [4.69, 9.17) is 4.84 Å². The highest BCUT2D eigenvalue weighted by atomic mass is 16.6. The first-order valence-corrected chi connectivity index (χ1v) is 8.14. The molecule has 3 rings (SSSR count). The first kappa shape index (κ1) is 14.8. The van der Waals surface area contributed by atoms with Crippen LogP contribution in [0.15, 0.2) is 59.8 Å². The SMILES string of the molecule is [C](=N/OCc1ccccc1)/c1ccccc1C1CCCCC1. The molecule has 0 spiro atoms.